The van der Waals surface area contributed by atoms with E-state index in [1.807, 2.05) is 18.2 Å². The molecular formula is C16H22N4O2S. The summed E-state index contributed by atoms with van der Waals surface area (Å²) in [5, 5.41) is 12.4. The molecule has 0 spiro atoms. The first-order valence-corrected chi connectivity index (χ1v) is 8.21. The highest BCUT2D eigenvalue weighted by Crippen LogP contribution is 2.34. The SMILES string of the molecule is COC(CN)CC(=O)Nc1nnc(C(C)(C)c2ccccc2)s1. The van der Waals surface area contributed by atoms with E-state index < -0.39 is 0 Å². The molecule has 7 heteroatoms. The van der Waals surface area contributed by atoms with Crippen LogP contribution in [0, 0.1) is 0 Å². The number of nitrogens with one attached hydrogen (secondary N) is 1. The summed E-state index contributed by atoms with van der Waals surface area (Å²) in [6.07, 6.45) is -0.0903. The number of rotatable bonds is 7. The fourth-order valence-corrected chi connectivity index (χ4v) is 3.03. The number of methoxy groups -OCH3 is 1. The molecule has 0 saturated carbocycles. The maximum Gasteiger partial charge on any atom is 0.228 e. The molecule has 2 rings (SSSR count). The second-order valence-electron chi connectivity index (χ2n) is 5.75. The summed E-state index contributed by atoms with van der Waals surface area (Å²) in [4.78, 5) is 12.0. The minimum Gasteiger partial charge on any atom is -0.380 e. The van der Waals surface area contributed by atoms with Gasteiger partial charge in [-0.25, -0.2) is 0 Å². The number of nitrogens with zero attached hydrogens (tertiary/aromatic N) is 2. The molecular weight excluding hydrogens is 312 g/mol. The molecule has 0 bridgehead atoms. The van der Waals surface area contributed by atoms with Crippen molar-refractivity contribution in [2.45, 2.75) is 31.8 Å². The molecule has 0 radical (unpaired) electrons. The highest BCUT2D eigenvalue weighted by molar-refractivity contribution is 7.15. The maximum absolute atomic E-state index is 12.0. The first kappa shape index (κ1) is 17.5. The molecule has 0 saturated heterocycles. The Balaban J connectivity index is 2.07. The number of aromatic nitrogens is 2. The van der Waals surface area contributed by atoms with Crippen LogP contribution >= 0.6 is 11.3 Å². The predicted octanol–water partition coefficient (Wildman–Crippen LogP) is 2.17. The fourth-order valence-electron chi connectivity index (χ4n) is 2.14. The molecule has 1 atom stereocenters. The zero-order valence-electron chi connectivity index (χ0n) is 13.6. The van der Waals surface area contributed by atoms with Crippen LogP contribution in [0.25, 0.3) is 0 Å². The Hall–Kier alpha value is -1.83. The van der Waals surface area contributed by atoms with Gasteiger partial charge in [0.2, 0.25) is 11.0 Å². The van der Waals surface area contributed by atoms with Crippen molar-refractivity contribution in [3.8, 4) is 0 Å². The Morgan fingerprint density at radius 3 is 2.65 bits per heavy atom. The number of carbonyl (C=O) groups is 1. The molecule has 2 aromatic rings. The number of anilines is 1. The number of hydrogen-bond donors (Lipinski definition) is 2. The largest absolute Gasteiger partial charge is 0.380 e. The van der Waals surface area contributed by atoms with Gasteiger partial charge in [0.1, 0.15) is 5.01 Å². The maximum atomic E-state index is 12.0. The van der Waals surface area contributed by atoms with Crippen LogP contribution in [0.1, 0.15) is 30.8 Å². The van der Waals surface area contributed by atoms with E-state index in [4.69, 9.17) is 10.5 Å². The molecule has 6 nitrogen and oxygen atoms in total. The molecule has 0 aliphatic carbocycles. The van der Waals surface area contributed by atoms with Gasteiger partial charge >= 0.3 is 0 Å². The molecule has 0 aliphatic heterocycles. The predicted molar refractivity (Wildman–Crippen MR) is 91.6 cm³/mol. The van der Waals surface area contributed by atoms with Crippen molar-refractivity contribution in [2.24, 2.45) is 5.73 Å². The average molecular weight is 334 g/mol. The van der Waals surface area contributed by atoms with Gasteiger partial charge in [-0.05, 0) is 19.4 Å². The van der Waals surface area contributed by atoms with E-state index >= 15 is 0 Å². The van der Waals surface area contributed by atoms with E-state index in [0.29, 0.717) is 11.7 Å². The van der Waals surface area contributed by atoms with Gasteiger partial charge in [-0.2, -0.15) is 0 Å². The molecule has 124 valence electrons. The molecule has 0 aliphatic rings. The Bertz CT molecular complexity index is 639. The van der Waals surface area contributed by atoms with Crippen molar-refractivity contribution in [1.82, 2.24) is 10.2 Å². The van der Waals surface area contributed by atoms with Crippen molar-refractivity contribution in [2.75, 3.05) is 19.0 Å². The van der Waals surface area contributed by atoms with Crippen LogP contribution in [0.4, 0.5) is 5.13 Å². The smallest absolute Gasteiger partial charge is 0.228 e. The van der Waals surface area contributed by atoms with Gasteiger partial charge in [0, 0.05) is 19.1 Å². The van der Waals surface area contributed by atoms with Gasteiger partial charge < -0.3 is 15.8 Å². The van der Waals surface area contributed by atoms with Gasteiger partial charge in [0.05, 0.1) is 12.5 Å². The lowest BCUT2D eigenvalue weighted by molar-refractivity contribution is -0.118. The van der Waals surface area contributed by atoms with Crippen LogP contribution in [0.2, 0.25) is 0 Å². The summed E-state index contributed by atoms with van der Waals surface area (Å²) in [5.74, 6) is -0.178. The Kier molecular flexibility index (Phi) is 5.81. The summed E-state index contributed by atoms with van der Waals surface area (Å²) < 4.78 is 5.11. The third-order valence-corrected chi connectivity index (χ3v) is 4.87. The van der Waals surface area contributed by atoms with Crippen molar-refractivity contribution in [3.05, 3.63) is 40.9 Å². The summed E-state index contributed by atoms with van der Waals surface area (Å²) in [6.45, 7) is 4.47. The molecule has 0 fully saturated rings. The van der Waals surface area contributed by atoms with Crippen LogP contribution in [0.15, 0.2) is 30.3 Å². The quantitative estimate of drug-likeness (QED) is 0.810. The molecule has 1 aromatic heterocycles. The third-order valence-electron chi connectivity index (χ3n) is 3.71. The first-order valence-electron chi connectivity index (χ1n) is 7.39. The normalized spacial score (nSPS) is 12.9. The number of benzene rings is 1. The van der Waals surface area contributed by atoms with E-state index in [1.165, 1.54) is 18.4 Å². The van der Waals surface area contributed by atoms with E-state index in [1.54, 1.807) is 0 Å². The third kappa shape index (κ3) is 4.34. The van der Waals surface area contributed by atoms with Crippen molar-refractivity contribution in [1.29, 1.82) is 0 Å². The molecule has 1 heterocycles. The number of ether oxygens (including phenoxy) is 1. The fraction of sp³-hybridized carbons (Fsp3) is 0.438. The minimum atomic E-state index is -0.289. The van der Waals surface area contributed by atoms with Gasteiger partial charge in [-0.15, -0.1) is 10.2 Å². The van der Waals surface area contributed by atoms with Crippen molar-refractivity contribution < 1.29 is 9.53 Å². The van der Waals surface area contributed by atoms with Crippen molar-refractivity contribution in [3.63, 3.8) is 0 Å². The van der Waals surface area contributed by atoms with Gasteiger partial charge in [-0.1, -0.05) is 41.7 Å². The Morgan fingerprint density at radius 1 is 1.35 bits per heavy atom. The molecule has 1 unspecified atom stereocenters. The molecule has 23 heavy (non-hydrogen) atoms. The lowest BCUT2D eigenvalue weighted by Gasteiger charge is -2.21. The minimum absolute atomic E-state index is 0.178. The van der Waals surface area contributed by atoms with Crippen LogP contribution in [0.3, 0.4) is 0 Å². The topological polar surface area (TPSA) is 90.1 Å². The molecule has 3 N–H and O–H groups in total. The van der Waals surface area contributed by atoms with Gasteiger partial charge in [0.15, 0.2) is 0 Å². The van der Waals surface area contributed by atoms with Crippen LogP contribution in [-0.4, -0.2) is 35.9 Å². The standard InChI is InChI=1S/C16H22N4O2S/c1-16(2,11-7-5-4-6-8-11)14-19-20-15(23-14)18-13(21)9-12(10-17)22-3/h4-8,12H,9-10,17H2,1-3H3,(H,18,20,21). The van der Waals surface area contributed by atoms with E-state index in [2.05, 4.69) is 41.5 Å². The van der Waals surface area contributed by atoms with E-state index in [0.717, 1.165) is 10.6 Å². The van der Waals surface area contributed by atoms with E-state index in [9.17, 15) is 4.79 Å². The summed E-state index contributed by atoms with van der Waals surface area (Å²) in [6, 6.07) is 10.1. The van der Waals surface area contributed by atoms with Crippen LogP contribution < -0.4 is 11.1 Å². The first-order chi connectivity index (χ1) is 11.0. The summed E-state index contributed by atoms with van der Waals surface area (Å²) in [5.41, 5.74) is 6.40. The van der Waals surface area contributed by atoms with Crippen LogP contribution in [-0.2, 0) is 14.9 Å². The lowest BCUT2D eigenvalue weighted by Crippen LogP contribution is -2.28. The summed E-state index contributed by atoms with van der Waals surface area (Å²) >= 11 is 1.38. The highest BCUT2D eigenvalue weighted by atomic mass is 32.1. The lowest BCUT2D eigenvalue weighted by atomic mass is 9.85. The highest BCUT2D eigenvalue weighted by Gasteiger charge is 2.27. The number of carbonyl (C=O) groups excluding carboxylic acids is 1. The van der Waals surface area contributed by atoms with Gasteiger partial charge in [0.25, 0.3) is 0 Å². The molecule has 1 aromatic carbocycles. The summed E-state index contributed by atoms with van der Waals surface area (Å²) in [7, 11) is 1.54. The van der Waals surface area contributed by atoms with Crippen LogP contribution in [0.5, 0.6) is 0 Å². The second-order valence-corrected chi connectivity index (χ2v) is 6.73. The van der Waals surface area contributed by atoms with E-state index in [-0.39, 0.29) is 23.8 Å². The van der Waals surface area contributed by atoms with Gasteiger partial charge in [-0.3, -0.25) is 4.79 Å². The zero-order valence-corrected chi connectivity index (χ0v) is 14.4. The monoisotopic (exact) mass is 334 g/mol. The molecule has 1 amide bonds. The number of nitrogens with two attached hydrogens (primary N) is 1. The number of amides is 1. The Morgan fingerprint density at radius 2 is 2.04 bits per heavy atom. The second kappa shape index (κ2) is 7.63. The zero-order chi connectivity index (χ0) is 16.9. The number of hydrogen-bond acceptors (Lipinski definition) is 6. The van der Waals surface area contributed by atoms with Crippen molar-refractivity contribution >= 4 is 22.4 Å². The average Bonchev–Trinajstić information content (AvgIpc) is 3.02. The Labute approximate surface area is 140 Å².